The Morgan fingerprint density at radius 2 is 1.69 bits per heavy atom. The molecule has 36 heavy (non-hydrogen) atoms. The Kier molecular flexibility index (Phi) is 8.36. The summed E-state index contributed by atoms with van der Waals surface area (Å²) >= 11 is 0. The van der Waals surface area contributed by atoms with E-state index in [2.05, 4.69) is 0 Å². The van der Waals surface area contributed by atoms with Crippen molar-refractivity contribution in [2.45, 2.75) is 32.1 Å². The molecule has 0 saturated carbocycles. The molecule has 2 aliphatic rings. The minimum atomic E-state index is -2.06. The molecule has 0 bridgehead atoms. The van der Waals surface area contributed by atoms with Crippen molar-refractivity contribution in [3.63, 3.8) is 0 Å². The fraction of sp³-hybridized carbons (Fsp3) is 0.440. The molecule has 0 saturated heterocycles. The largest absolute Gasteiger partial charge is 0.468 e. The molecule has 2 heterocycles. The maximum atomic E-state index is 14.3. The van der Waals surface area contributed by atoms with Crippen LogP contribution < -0.4 is 10.6 Å². The molecule has 2 aliphatic heterocycles. The molecule has 1 aromatic rings. The van der Waals surface area contributed by atoms with E-state index in [4.69, 9.17) is 29.4 Å². The molecule has 2 N–H and O–H groups in total. The second-order valence-electron chi connectivity index (χ2n) is 8.13. The van der Waals surface area contributed by atoms with E-state index in [1.807, 2.05) is 6.92 Å². The number of rotatable bonds is 10. The van der Waals surface area contributed by atoms with Gasteiger partial charge in [0.15, 0.2) is 0 Å². The standard InChI is InChI=1S/C25H30N2O9/c1-5-6-11-34-23(30)20-21(26)36-15(2)19(22(29)35-13-12-32-3)25(20)16-9-7-8-10-17(16)27(24(25)31)14-18(28)33-4/h7-10H,5-6,11-14,26H2,1-4H3/t25-/m0/s1. The minimum Gasteiger partial charge on any atom is -0.468 e. The van der Waals surface area contributed by atoms with E-state index in [9.17, 15) is 19.2 Å². The topological polar surface area (TPSA) is 144 Å². The maximum absolute atomic E-state index is 14.3. The number of amides is 1. The van der Waals surface area contributed by atoms with Gasteiger partial charge in [-0.2, -0.15) is 0 Å². The normalized spacial score (nSPS) is 18.8. The molecule has 11 heteroatoms. The van der Waals surface area contributed by atoms with Gasteiger partial charge in [-0.25, -0.2) is 9.59 Å². The number of allylic oxidation sites excluding steroid dienone is 1. The van der Waals surface area contributed by atoms with Gasteiger partial charge >= 0.3 is 17.9 Å². The van der Waals surface area contributed by atoms with Crippen LogP contribution in [0.5, 0.6) is 0 Å². The van der Waals surface area contributed by atoms with Gasteiger partial charge in [0.1, 0.15) is 35.5 Å². The first kappa shape index (κ1) is 26.7. The molecule has 0 aromatic heterocycles. The van der Waals surface area contributed by atoms with E-state index in [0.29, 0.717) is 12.1 Å². The van der Waals surface area contributed by atoms with Crippen molar-refractivity contribution in [2.75, 3.05) is 45.5 Å². The smallest absolute Gasteiger partial charge is 0.341 e. The highest BCUT2D eigenvalue weighted by Gasteiger charge is 2.64. The van der Waals surface area contributed by atoms with Crippen LogP contribution in [0.4, 0.5) is 5.69 Å². The number of hydrogen-bond donors (Lipinski definition) is 1. The molecule has 0 radical (unpaired) electrons. The van der Waals surface area contributed by atoms with Gasteiger partial charge < -0.3 is 29.4 Å². The third kappa shape index (κ3) is 4.53. The lowest BCUT2D eigenvalue weighted by atomic mass is 9.67. The molecule has 0 aliphatic carbocycles. The summed E-state index contributed by atoms with van der Waals surface area (Å²) in [6.45, 7) is 2.97. The number of anilines is 1. The molecule has 194 valence electrons. The summed E-state index contributed by atoms with van der Waals surface area (Å²) in [4.78, 5) is 54.5. The second kappa shape index (κ2) is 11.3. The molecule has 1 atom stereocenters. The first-order chi connectivity index (χ1) is 17.2. The van der Waals surface area contributed by atoms with Crippen molar-refractivity contribution in [1.82, 2.24) is 0 Å². The predicted molar refractivity (Wildman–Crippen MR) is 126 cm³/mol. The Bertz CT molecular complexity index is 1080. The molecule has 0 unspecified atom stereocenters. The van der Waals surface area contributed by atoms with E-state index in [-0.39, 0.29) is 48.2 Å². The Hall–Kier alpha value is -3.86. The van der Waals surface area contributed by atoms with Gasteiger partial charge in [0.2, 0.25) is 11.8 Å². The molecule has 3 rings (SSSR count). The summed E-state index contributed by atoms with van der Waals surface area (Å²) in [5.41, 5.74) is 4.10. The number of esters is 3. The van der Waals surface area contributed by atoms with Gasteiger partial charge in [-0.1, -0.05) is 31.5 Å². The van der Waals surface area contributed by atoms with Crippen molar-refractivity contribution >= 4 is 29.5 Å². The number of nitrogens with two attached hydrogens (primary N) is 1. The Morgan fingerprint density at radius 3 is 2.36 bits per heavy atom. The minimum absolute atomic E-state index is 0.0249. The van der Waals surface area contributed by atoms with Gasteiger partial charge in [0, 0.05) is 18.4 Å². The number of ether oxygens (including phenoxy) is 5. The van der Waals surface area contributed by atoms with Crippen molar-refractivity contribution in [3.05, 3.63) is 52.6 Å². The fourth-order valence-electron chi connectivity index (χ4n) is 4.35. The lowest BCUT2D eigenvalue weighted by Gasteiger charge is -2.36. The quantitative estimate of drug-likeness (QED) is 0.284. The third-order valence-corrected chi connectivity index (χ3v) is 5.95. The molecular weight excluding hydrogens is 472 g/mol. The molecular formula is C25H30N2O9. The van der Waals surface area contributed by atoms with E-state index < -0.39 is 35.8 Å². The number of methoxy groups -OCH3 is 2. The van der Waals surface area contributed by atoms with Crippen LogP contribution in [0.2, 0.25) is 0 Å². The number of hydrogen-bond acceptors (Lipinski definition) is 10. The van der Waals surface area contributed by atoms with Crippen LogP contribution in [0.1, 0.15) is 32.3 Å². The van der Waals surface area contributed by atoms with Crippen LogP contribution in [0.15, 0.2) is 47.1 Å². The van der Waals surface area contributed by atoms with E-state index >= 15 is 0 Å². The van der Waals surface area contributed by atoms with Crippen LogP contribution >= 0.6 is 0 Å². The van der Waals surface area contributed by atoms with Crippen LogP contribution in [-0.4, -0.2) is 64.4 Å². The van der Waals surface area contributed by atoms with Crippen molar-refractivity contribution in [3.8, 4) is 0 Å². The highest BCUT2D eigenvalue weighted by Crippen LogP contribution is 2.54. The van der Waals surface area contributed by atoms with E-state index in [1.54, 1.807) is 24.3 Å². The van der Waals surface area contributed by atoms with Crippen LogP contribution in [-0.2, 0) is 48.3 Å². The molecule has 0 fully saturated rings. The highest BCUT2D eigenvalue weighted by atomic mass is 16.6. The molecule has 1 spiro atoms. The number of benzene rings is 1. The monoisotopic (exact) mass is 502 g/mol. The zero-order valence-corrected chi connectivity index (χ0v) is 20.8. The van der Waals surface area contributed by atoms with Gasteiger partial charge in [-0.3, -0.25) is 14.5 Å². The number of para-hydroxylation sites is 1. The summed E-state index contributed by atoms with van der Waals surface area (Å²) in [5, 5.41) is 0. The molecule has 1 aromatic carbocycles. The van der Waals surface area contributed by atoms with Crippen LogP contribution in [0.25, 0.3) is 0 Å². The van der Waals surface area contributed by atoms with Crippen molar-refractivity contribution in [1.29, 1.82) is 0 Å². The Labute approximate surface area is 208 Å². The summed E-state index contributed by atoms with van der Waals surface area (Å²) in [5.74, 6) is -3.69. The Balaban J connectivity index is 2.27. The van der Waals surface area contributed by atoms with E-state index in [0.717, 1.165) is 11.3 Å². The van der Waals surface area contributed by atoms with Gasteiger partial charge in [-0.15, -0.1) is 0 Å². The summed E-state index contributed by atoms with van der Waals surface area (Å²) in [6, 6.07) is 6.48. The second-order valence-corrected chi connectivity index (χ2v) is 8.13. The van der Waals surface area contributed by atoms with Crippen molar-refractivity contribution in [2.24, 2.45) is 5.73 Å². The lowest BCUT2D eigenvalue weighted by molar-refractivity contribution is -0.144. The number of unbranched alkanes of at least 4 members (excludes halogenated alkanes) is 1. The first-order valence-electron chi connectivity index (χ1n) is 11.5. The third-order valence-electron chi connectivity index (χ3n) is 5.95. The first-order valence-corrected chi connectivity index (χ1v) is 11.5. The van der Waals surface area contributed by atoms with Crippen molar-refractivity contribution < 1.29 is 42.9 Å². The van der Waals surface area contributed by atoms with Crippen LogP contribution in [0.3, 0.4) is 0 Å². The summed E-state index contributed by atoms with van der Waals surface area (Å²) in [6.07, 6.45) is 1.33. The zero-order chi connectivity index (χ0) is 26.5. The van der Waals surface area contributed by atoms with Crippen LogP contribution in [0, 0.1) is 0 Å². The zero-order valence-electron chi connectivity index (χ0n) is 20.8. The van der Waals surface area contributed by atoms with E-state index in [1.165, 1.54) is 21.1 Å². The predicted octanol–water partition coefficient (Wildman–Crippen LogP) is 1.45. The van der Waals surface area contributed by atoms with Gasteiger partial charge in [0.25, 0.3) is 0 Å². The summed E-state index contributed by atoms with van der Waals surface area (Å²) < 4.78 is 26.1. The lowest BCUT2D eigenvalue weighted by Crippen LogP contribution is -2.51. The van der Waals surface area contributed by atoms with Gasteiger partial charge in [-0.05, 0) is 19.4 Å². The maximum Gasteiger partial charge on any atom is 0.341 e. The highest BCUT2D eigenvalue weighted by molar-refractivity contribution is 6.23. The Morgan fingerprint density at radius 1 is 1.03 bits per heavy atom. The fourth-order valence-corrected chi connectivity index (χ4v) is 4.35. The molecule has 11 nitrogen and oxygen atoms in total. The van der Waals surface area contributed by atoms with Gasteiger partial charge in [0.05, 0.1) is 20.3 Å². The number of nitrogens with zero attached hydrogens (tertiary/aromatic N) is 1. The average molecular weight is 503 g/mol. The summed E-state index contributed by atoms with van der Waals surface area (Å²) in [7, 11) is 2.63. The SMILES string of the molecule is CCCCOC(=O)C1=C(N)OC(C)=C(C(=O)OCCOC)[C@]12C(=O)N(CC(=O)OC)c1ccccc12. The number of carbonyl (C=O) groups excluding carboxylic acids is 4. The average Bonchev–Trinajstić information content (AvgIpc) is 3.07. The molecule has 1 amide bonds. The number of fused-ring (bicyclic) bond motifs is 2. The number of carbonyl (C=O) groups is 4.